The molecule has 1 heterocycles. The number of nitrogens with zero attached hydrogens (tertiary/aromatic N) is 1. The van der Waals surface area contributed by atoms with E-state index in [0.717, 1.165) is 37.6 Å². The minimum Gasteiger partial charge on any atom is -0.439 e. The number of aliphatic hydroxyl groups is 1. The van der Waals surface area contributed by atoms with Gasteiger partial charge in [0.25, 0.3) is 11.8 Å². The molecule has 5 N–H and O–H groups in total. The van der Waals surface area contributed by atoms with Crippen LogP contribution in [0.2, 0.25) is 0 Å². The Hall–Kier alpha value is -5.47. The molecule has 13 nitrogen and oxygen atoms in total. The molecule has 0 fully saturated rings. The summed E-state index contributed by atoms with van der Waals surface area (Å²) < 4.78 is 16.8. The summed E-state index contributed by atoms with van der Waals surface area (Å²) in [7, 11) is 2.89. The lowest BCUT2D eigenvalue weighted by Crippen LogP contribution is -2.38. The van der Waals surface area contributed by atoms with Gasteiger partial charge >= 0.3 is 6.09 Å². The second kappa shape index (κ2) is 22.8. The zero-order valence-corrected chi connectivity index (χ0v) is 35.7. The van der Waals surface area contributed by atoms with E-state index in [1.165, 1.54) is 38.9 Å². The molecule has 1 aliphatic carbocycles. The minimum atomic E-state index is -1.04. The molecule has 2 aromatic carbocycles. The van der Waals surface area contributed by atoms with Crippen LogP contribution < -0.4 is 16.4 Å². The van der Waals surface area contributed by atoms with E-state index in [4.69, 9.17) is 19.9 Å². The van der Waals surface area contributed by atoms with E-state index in [9.17, 15) is 29.1 Å². The smallest absolute Gasteiger partial charge is 0.405 e. The number of hydrogen-bond acceptors (Lipinski definition) is 10. The SMILES string of the molecule is CCCCN(Cc1ccccc1)Cc1ccc(C(=O)NC2=C3C[C@@H](C)C[C@@H](OC)[C@@H](O)[C@@H](C)/C=C(/C)[C@@H](OC(N)=O)[C@H](OC)/C=C\C=C(\C)C(=O)NC(=CC2=O)C3=O)cc1. The largest absolute Gasteiger partial charge is 0.439 e. The van der Waals surface area contributed by atoms with Crippen LogP contribution in [-0.4, -0.2) is 84.7 Å². The molecular weight excluding hydrogens is 765 g/mol. The third-order valence-electron chi connectivity index (χ3n) is 10.7. The van der Waals surface area contributed by atoms with E-state index < -0.39 is 59.8 Å². The fourth-order valence-electron chi connectivity index (χ4n) is 7.36. The van der Waals surface area contributed by atoms with Gasteiger partial charge in [-0.1, -0.05) is 94.0 Å². The lowest BCUT2D eigenvalue weighted by Gasteiger charge is -2.30. The number of allylic oxidation sites excluding steroid dienone is 4. The Bertz CT molecular complexity index is 2000. The lowest BCUT2D eigenvalue weighted by molar-refractivity contribution is -0.120. The van der Waals surface area contributed by atoms with Crippen molar-refractivity contribution in [2.24, 2.45) is 17.6 Å². The topological polar surface area (TPSA) is 187 Å². The monoisotopic (exact) mass is 824 g/mol. The first kappa shape index (κ1) is 47.2. The normalized spacial score (nSPS) is 25.7. The van der Waals surface area contributed by atoms with Gasteiger partial charge in [0.2, 0.25) is 11.6 Å². The van der Waals surface area contributed by atoms with E-state index in [1.807, 2.05) is 37.3 Å². The van der Waals surface area contributed by atoms with Gasteiger partial charge in [-0.05, 0) is 74.4 Å². The number of benzene rings is 2. The molecule has 3 amide bonds. The fourth-order valence-corrected chi connectivity index (χ4v) is 7.36. The first-order valence-electron chi connectivity index (χ1n) is 20.4. The average Bonchev–Trinajstić information content (AvgIpc) is 3.22. The van der Waals surface area contributed by atoms with Gasteiger partial charge in [0, 0.05) is 56.0 Å². The molecule has 4 rings (SSSR count). The molecular formula is C47H60N4O9. The summed E-state index contributed by atoms with van der Waals surface area (Å²) in [5, 5.41) is 16.8. The van der Waals surface area contributed by atoms with Crippen LogP contribution in [-0.2, 0) is 41.7 Å². The zero-order valence-electron chi connectivity index (χ0n) is 35.7. The molecule has 60 heavy (non-hydrogen) atoms. The van der Waals surface area contributed by atoms with Gasteiger partial charge in [-0.15, -0.1) is 0 Å². The molecule has 0 saturated carbocycles. The van der Waals surface area contributed by atoms with Crippen molar-refractivity contribution in [2.75, 3.05) is 20.8 Å². The van der Waals surface area contributed by atoms with Crippen molar-refractivity contribution in [3.8, 4) is 0 Å². The van der Waals surface area contributed by atoms with E-state index in [-0.39, 0.29) is 41.3 Å². The number of nitrogens with two attached hydrogens (primary N) is 1. The number of aliphatic hydroxyl groups excluding tert-OH is 1. The first-order chi connectivity index (χ1) is 28.6. The van der Waals surface area contributed by atoms with Gasteiger partial charge in [-0.3, -0.25) is 24.1 Å². The number of nitrogens with one attached hydrogen (secondary N) is 2. The lowest BCUT2D eigenvalue weighted by atomic mass is 9.85. The minimum absolute atomic E-state index is 0.0127. The van der Waals surface area contributed by atoms with Crippen molar-refractivity contribution >= 4 is 29.5 Å². The Morgan fingerprint density at radius 1 is 0.967 bits per heavy atom. The summed E-state index contributed by atoms with van der Waals surface area (Å²) >= 11 is 0. The van der Waals surface area contributed by atoms with E-state index in [0.29, 0.717) is 17.7 Å². The quantitative estimate of drug-likeness (QED) is 0.146. The zero-order chi connectivity index (χ0) is 43.9. The number of hydrogen-bond donors (Lipinski definition) is 4. The second-order valence-corrected chi connectivity index (χ2v) is 15.6. The highest BCUT2D eigenvalue weighted by atomic mass is 16.6. The van der Waals surface area contributed by atoms with Crippen molar-refractivity contribution in [2.45, 2.75) is 97.8 Å². The molecule has 0 radical (unpaired) electrons. The summed E-state index contributed by atoms with van der Waals surface area (Å²) in [5.74, 6) is -3.37. The number of carbonyl (C=O) groups is 5. The van der Waals surface area contributed by atoms with Crippen LogP contribution in [0.5, 0.6) is 0 Å². The highest BCUT2D eigenvalue weighted by molar-refractivity contribution is 6.24. The number of Topliss-reactive ketones (excluding diaryl/α,β-unsaturated/α-hetero) is 1. The Morgan fingerprint density at radius 3 is 2.25 bits per heavy atom. The number of carbonyl (C=O) groups excluding carboxylic acids is 5. The van der Waals surface area contributed by atoms with Crippen LogP contribution >= 0.6 is 0 Å². The van der Waals surface area contributed by atoms with E-state index in [2.05, 4.69) is 34.6 Å². The summed E-state index contributed by atoms with van der Waals surface area (Å²) in [6, 6.07) is 17.4. The number of ether oxygens (including phenoxy) is 3. The molecule has 1 aliphatic heterocycles. The summed E-state index contributed by atoms with van der Waals surface area (Å²) in [6.07, 6.45) is 5.14. The maximum atomic E-state index is 14.2. The number of rotatable bonds is 12. The third-order valence-corrected chi connectivity index (χ3v) is 10.7. The first-order valence-corrected chi connectivity index (χ1v) is 20.4. The Labute approximate surface area is 353 Å². The number of primary amides is 1. The number of unbranched alkanes of at least 4 members (excludes halogenated alkanes) is 1. The molecule has 0 unspecified atom stereocenters. The Kier molecular flexibility index (Phi) is 17.9. The molecule has 0 aromatic heterocycles. The molecule has 13 heteroatoms. The van der Waals surface area contributed by atoms with Crippen molar-refractivity contribution in [3.63, 3.8) is 0 Å². The van der Waals surface area contributed by atoms with Gasteiger partial charge in [0.1, 0.15) is 6.10 Å². The molecule has 2 bridgehead atoms. The summed E-state index contributed by atoms with van der Waals surface area (Å²) in [4.78, 5) is 69.3. The summed E-state index contributed by atoms with van der Waals surface area (Å²) in [5.41, 5.74) is 8.28. The van der Waals surface area contributed by atoms with Gasteiger partial charge < -0.3 is 35.7 Å². The summed E-state index contributed by atoms with van der Waals surface area (Å²) in [6.45, 7) is 11.4. The van der Waals surface area contributed by atoms with Crippen LogP contribution in [0.1, 0.15) is 81.8 Å². The van der Waals surface area contributed by atoms with Crippen molar-refractivity contribution in [1.82, 2.24) is 15.5 Å². The highest BCUT2D eigenvalue weighted by Crippen LogP contribution is 2.29. The van der Waals surface area contributed by atoms with Crippen molar-refractivity contribution in [3.05, 3.63) is 130 Å². The highest BCUT2D eigenvalue weighted by Gasteiger charge is 2.34. The Morgan fingerprint density at radius 2 is 1.63 bits per heavy atom. The van der Waals surface area contributed by atoms with Crippen LogP contribution in [0.4, 0.5) is 4.79 Å². The molecule has 0 saturated heterocycles. The molecule has 0 spiro atoms. The Balaban J connectivity index is 1.65. The molecule has 2 aromatic rings. The van der Waals surface area contributed by atoms with Gasteiger partial charge in [0.15, 0.2) is 6.10 Å². The number of amides is 3. The van der Waals surface area contributed by atoms with Gasteiger partial charge in [-0.2, -0.15) is 0 Å². The fraction of sp³-hybridized carbons (Fsp3) is 0.426. The van der Waals surface area contributed by atoms with Crippen LogP contribution in [0.25, 0.3) is 0 Å². The van der Waals surface area contributed by atoms with Crippen molar-refractivity contribution < 1.29 is 43.3 Å². The van der Waals surface area contributed by atoms with Gasteiger partial charge in [-0.25, -0.2) is 4.79 Å². The predicted octanol–water partition coefficient (Wildman–Crippen LogP) is 5.99. The molecule has 322 valence electrons. The number of fused-ring (bicyclic) bond motifs is 2. The number of methoxy groups -OCH3 is 2. The predicted molar refractivity (Wildman–Crippen MR) is 229 cm³/mol. The van der Waals surface area contributed by atoms with Crippen molar-refractivity contribution in [1.29, 1.82) is 0 Å². The van der Waals surface area contributed by atoms with E-state index in [1.54, 1.807) is 38.1 Å². The molecule has 2 aliphatic rings. The van der Waals surface area contributed by atoms with Gasteiger partial charge in [0.05, 0.1) is 23.6 Å². The maximum Gasteiger partial charge on any atom is 0.405 e. The van der Waals surface area contributed by atoms with Crippen LogP contribution in [0.15, 0.2) is 113 Å². The van der Waals surface area contributed by atoms with E-state index >= 15 is 0 Å². The standard InChI is InChI=1S/C47H60N4O9/c1-8-9-22-51(27-33-15-11-10-12-16-33)28-34-18-20-35(21-19-34)46(56)50-41-36-23-29(2)24-40(59-7)42(53)31(4)25-32(5)44(60-47(48)57)39(58-6)17-13-14-30(3)45(55)49-37(43(36)54)26-38(41)52/h10-21,25-26,29,31,39-40,42,44,53H,8-9,22-24,27-28H2,1-7H3,(H2,48,57)(H,49,55)(H,50,56)/b17-13-,30-14-,32-25-/t29-,31+,39-,40-,42+,44-/m1/s1. The number of ketones is 2. The van der Waals surface area contributed by atoms with Crippen LogP contribution in [0, 0.1) is 11.8 Å². The third kappa shape index (κ3) is 13.3. The molecule has 6 atom stereocenters. The average molecular weight is 825 g/mol. The second-order valence-electron chi connectivity index (χ2n) is 15.6. The van der Waals surface area contributed by atoms with Crippen LogP contribution in [0.3, 0.4) is 0 Å². The maximum absolute atomic E-state index is 14.2.